The first-order valence-electron chi connectivity index (χ1n) is 5.32. The Morgan fingerprint density at radius 1 is 1.50 bits per heavy atom. The van der Waals surface area contributed by atoms with E-state index < -0.39 is 0 Å². The van der Waals surface area contributed by atoms with Gasteiger partial charge in [-0.2, -0.15) is 0 Å². The Morgan fingerprint density at radius 3 is 3.00 bits per heavy atom. The average molecular weight is 217 g/mol. The monoisotopic (exact) mass is 217 g/mol. The zero-order valence-electron chi connectivity index (χ0n) is 8.75. The smallest absolute Gasteiger partial charge is 0.324 e. The minimum atomic E-state index is -0.0773. The van der Waals surface area contributed by atoms with Crippen molar-refractivity contribution < 1.29 is 9.53 Å². The molecule has 1 N–H and O–H groups in total. The number of hydrogen-bond donors (Lipinski definition) is 1. The lowest BCUT2D eigenvalue weighted by atomic mass is 10.2. The molecule has 0 spiro atoms. The Morgan fingerprint density at radius 2 is 2.36 bits per heavy atom. The maximum Gasteiger partial charge on any atom is 0.324 e. The summed E-state index contributed by atoms with van der Waals surface area (Å²) in [5.41, 5.74) is 0. The molecular formula is C10H19NO2S. The third-order valence-electron chi connectivity index (χ3n) is 2.24. The predicted molar refractivity (Wildman–Crippen MR) is 59.3 cm³/mol. The molecule has 1 saturated heterocycles. The maximum atomic E-state index is 11.4. The number of esters is 1. The third-order valence-corrected chi connectivity index (χ3v) is 3.18. The molecule has 4 heteroatoms. The molecule has 0 aromatic carbocycles. The van der Waals surface area contributed by atoms with Gasteiger partial charge in [-0.15, -0.1) is 11.8 Å². The van der Waals surface area contributed by atoms with Crippen LogP contribution >= 0.6 is 11.8 Å². The molecule has 0 radical (unpaired) electrons. The summed E-state index contributed by atoms with van der Waals surface area (Å²) in [5, 5.41) is 3.10. The predicted octanol–water partition coefficient (Wildman–Crippen LogP) is 1.77. The Hall–Kier alpha value is -0.220. The van der Waals surface area contributed by atoms with Crippen molar-refractivity contribution in [2.24, 2.45) is 0 Å². The van der Waals surface area contributed by atoms with Crippen LogP contribution in [0.15, 0.2) is 0 Å². The summed E-state index contributed by atoms with van der Waals surface area (Å²) in [5.74, 6) is 1.65. The third kappa shape index (κ3) is 4.33. The molecule has 14 heavy (non-hydrogen) atoms. The highest BCUT2D eigenvalue weighted by Crippen LogP contribution is 2.10. The Bertz CT molecular complexity index is 170. The lowest BCUT2D eigenvalue weighted by molar-refractivity contribution is -0.145. The maximum absolute atomic E-state index is 11.4. The average Bonchev–Trinajstić information content (AvgIpc) is 2.70. The van der Waals surface area contributed by atoms with Gasteiger partial charge >= 0.3 is 5.97 Å². The Labute approximate surface area is 90.0 Å². The normalized spacial score (nSPS) is 21.1. The van der Waals surface area contributed by atoms with Crippen molar-refractivity contribution in [3.8, 4) is 0 Å². The van der Waals surface area contributed by atoms with Crippen molar-refractivity contribution in [1.82, 2.24) is 5.32 Å². The fraction of sp³-hybridized carbons (Fsp3) is 0.900. The van der Waals surface area contributed by atoms with Gasteiger partial charge in [0.25, 0.3) is 0 Å². The van der Waals surface area contributed by atoms with Gasteiger partial charge in [0.1, 0.15) is 6.04 Å². The lowest BCUT2D eigenvalue weighted by Gasteiger charge is -2.09. The summed E-state index contributed by atoms with van der Waals surface area (Å²) in [6.45, 7) is 2.76. The van der Waals surface area contributed by atoms with Crippen molar-refractivity contribution in [3.05, 3.63) is 0 Å². The van der Waals surface area contributed by atoms with Gasteiger partial charge in [-0.1, -0.05) is 26.2 Å². The summed E-state index contributed by atoms with van der Waals surface area (Å²) < 4.78 is 5.16. The van der Waals surface area contributed by atoms with Gasteiger partial charge in [-0.3, -0.25) is 10.1 Å². The van der Waals surface area contributed by atoms with Crippen LogP contribution < -0.4 is 5.32 Å². The minimum Gasteiger partial charge on any atom is -0.465 e. The lowest BCUT2D eigenvalue weighted by Crippen LogP contribution is -2.34. The highest BCUT2D eigenvalue weighted by atomic mass is 32.2. The highest BCUT2D eigenvalue weighted by molar-refractivity contribution is 7.99. The van der Waals surface area contributed by atoms with Crippen molar-refractivity contribution >= 4 is 17.7 Å². The van der Waals surface area contributed by atoms with Crippen LogP contribution in [-0.2, 0) is 9.53 Å². The van der Waals surface area contributed by atoms with Crippen molar-refractivity contribution in [2.45, 2.75) is 38.6 Å². The Balaban J connectivity index is 1.97. The molecule has 0 aromatic rings. The van der Waals surface area contributed by atoms with Crippen LogP contribution in [0.2, 0.25) is 0 Å². The molecule has 0 bridgehead atoms. The molecule has 0 amide bonds. The number of thioether (sulfide) groups is 1. The van der Waals surface area contributed by atoms with E-state index in [2.05, 4.69) is 12.2 Å². The summed E-state index contributed by atoms with van der Waals surface area (Å²) in [4.78, 5) is 11.4. The molecule has 0 saturated carbocycles. The van der Waals surface area contributed by atoms with E-state index in [1.54, 1.807) is 11.8 Å². The van der Waals surface area contributed by atoms with Crippen LogP contribution in [0, 0.1) is 0 Å². The summed E-state index contributed by atoms with van der Waals surface area (Å²) in [7, 11) is 0. The standard InChI is InChI=1S/C10H19NO2S/c1-2-3-4-5-6-13-10(12)9-7-14-8-11-9/h9,11H,2-8H2,1H3/t9-/m0/s1. The van der Waals surface area contributed by atoms with Gasteiger partial charge in [-0.05, 0) is 6.42 Å². The highest BCUT2D eigenvalue weighted by Gasteiger charge is 2.23. The molecule has 82 valence electrons. The van der Waals surface area contributed by atoms with Crippen molar-refractivity contribution in [1.29, 1.82) is 0 Å². The first-order chi connectivity index (χ1) is 6.84. The quantitative estimate of drug-likeness (QED) is 0.543. The summed E-state index contributed by atoms with van der Waals surface area (Å²) >= 11 is 1.75. The van der Waals surface area contributed by atoms with Crippen molar-refractivity contribution in [2.75, 3.05) is 18.2 Å². The van der Waals surface area contributed by atoms with Crippen LogP contribution in [0.5, 0.6) is 0 Å². The molecule has 0 aliphatic carbocycles. The second-order valence-corrected chi connectivity index (χ2v) is 4.53. The molecule has 3 nitrogen and oxygen atoms in total. The van der Waals surface area contributed by atoms with Gasteiger partial charge in [0, 0.05) is 11.6 Å². The molecule has 0 aromatic heterocycles. The SMILES string of the molecule is CCCCCCOC(=O)[C@@H]1CSCN1. The van der Waals surface area contributed by atoms with E-state index in [0.717, 1.165) is 24.5 Å². The number of nitrogens with one attached hydrogen (secondary N) is 1. The second kappa shape index (κ2) is 7.12. The van der Waals surface area contributed by atoms with Gasteiger partial charge in [0.15, 0.2) is 0 Å². The zero-order valence-corrected chi connectivity index (χ0v) is 9.57. The van der Waals surface area contributed by atoms with Gasteiger partial charge in [0.2, 0.25) is 0 Å². The van der Waals surface area contributed by atoms with E-state index in [-0.39, 0.29) is 12.0 Å². The van der Waals surface area contributed by atoms with Crippen LogP contribution in [0.3, 0.4) is 0 Å². The van der Waals surface area contributed by atoms with Gasteiger partial charge in [0.05, 0.1) is 6.61 Å². The van der Waals surface area contributed by atoms with Gasteiger partial charge in [-0.25, -0.2) is 0 Å². The fourth-order valence-corrected chi connectivity index (χ4v) is 2.28. The molecular weight excluding hydrogens is 198 g/mol. The van der Waals surface area contributed by atoms with E-state index in [1.165, 1.54) is 12.8 Å². The van der Waals surface area contributed by atoms with Crippen LogP contribution in [-0.4, -0.2) is 30.2 Å². The number of ether oxygens (including phenoxy) is 1. The molecule has 0 unspecified atom stereocenters. The number of carbonyl (C=O) groups is 1. The topological polar surface area (TPSA) is 38.3 Å². The minimum absolute atomic E-state index is 0.0637. The van der Waals surface area contributed by atoms with Crippen LogP contribution in [0.1, 0.15) is 32.6 Å². The molecule has 1 atom stereocenters. The van der Waals surface area contributed by atoms with E-state index in [0.29, 0.717) is 6.61 Å². The van der Waals surface area contributed by atoms with Crippen LogP contribution in [0.25, 0.3) is 0 Å². The molecule has 1 aliphatic heterocycles. The van der Waals surface area contributed by atoms with E-state index >= 15 is 0 Å². The fourth-order valence-electron chi connectivity index (χ4n) is 1.35. The molecule has 1 rings (SSSR count). The van der Waals surface area contributed by atoms with E-state index in [9.17, 15) is 4.79 Å². The summed E-state index contributed by atoms with van der Waals surface area (Å²) in [6.07, 6.45) is 4.61. The van der Waals surface area contributed by atoms with E-state index in [1.807, 2.05) is 0 Å². The number of unbranched alkanes of at least 4 members (excludes halogenated alkanes) is 3. The molecule has 1 fully saturated rings. The number of rotatable bonds is 6. The number of carbonyl (C=O) groups excluding carboxylic acids is 1. The Kier molecular flexibility index (Phi) is 6.03. The first kappa shape index (κ1) is 11.9. The molecule has 1 aliphatic rings. The zero-order chi connectivity index (χ0) is 10.2. The largest absolute Gasteiger partial charge is 0.465 e. The second-order valence-electron chi connectivity index (χ2n) is 3.50. The number of hydrogen-bond acceptors (Lipinski definition) is 4. The first-order valence-corrected chi connectivity index (χ1v) is 6.48. The van der Waals surface area contributed by atoms with Crippen LogP contribution in [0.4, 0.5) is 0 Å². The summed E-state index contributed by atoms with van der Waals surface area (Å²) in [6, 6.07) is -0.0637. The molecule has 1 heterocycles. The van der Waals surface area contributed by atoms with E-state index in [4.69, 9.17) is 4.74 Å². The van der Waals surface area contributed by atoms with Gasteiger partial charge < -0.3 is 4.74 Å². The van der Waals surface area contributed by atoms with Crippen molar-refractivity contribution in [3.63, 3.8) is 0 Å².